The van der Waals surface area contributed by atoms with Crippen molar-refractivity contribution in [2.75, 3.05) is 17.2 Å². The lowest BCUT2D eigenvalue weighted by atomic mass is 9.83. The van der Waals surface area contributed by atoms with E-state index in [9.17, 15) is 13.2 Å². The van der Waals surface area contributed by atoms with E-state index in [0.29, 0.717) is 23.9 Å². The molecule has 0 unspecified atom stereocenters. The van der Waals surface area contributed by atoms with Crippen molar-refractivity contribution in [3.63, 3.8) is 0 Å². The molecule has 1 aromatic heterocycles. The van der Waals surface area contributed by atoms with Crippen molar-refractivity contribution in [2.24, 2.45) is 0 Å². The number of ether oxygens (including phenoxy) is 1. The van der Waals surface area contributed by atoms with Gasteiger partial charge in [0.15, 0.2) is 0 Å². The van der Waals surface area contributed by atoms with Crippen LogP contribution in [-0.2, 0) is 6.18 Å². The first-order valence-electron chi connectivity index (χ1n) is 12.2. The summed E-state index contributed by atoms with van der Waals surface area (Å²) in [5, 5.41) is 5.97. The van der Waals surface area contributed by atoms with E-state index in [4.69, 9.17) is 4.74 Å². The normalized spacial score (nSPS) is 14.5. The van der Waals surface area contributed by atoms with Crippen LogP contribution >= 0.6 is 0 Å². The van der Waals surface area contributed by atoms with Gasteiger partial charge in [0, 0.05) is 17.6 Å². The summed E-state index contributed by atoms with van der Waals surface area (Å²) in [6, 6.07) is 14.8. The van der Waals surface area contributed by atoms with E-state index in [1.807, 2.05) is 36.4 Å². The van der Waals surface area contributed by atoms with Crippen LogP contribution in [0.2, 0.25) is 0 Å². The molecule has 5 nitrogen and oxygen atoms in total. The van der Waals surface area contributed by atoms with Gasteiger partial charge in [-0.2, -0.15) is 18.2 Å². The molecule has 4 rings (SSSR count). The maximum Gasteiger partial charge on any atom is 0.421 e. The molecule has 0 spiro atoms. The fraction of sp³-hybridized carbons (Fsp3) is 0.407. The molecule has 8 heteroatoms. The molecular formula is C27H31F3N4O. The molecule has 2 N–H and O–H groups in total. The second kappa shape index (κ2) is 11.4. The quantitative estimate of drug-likeness (QED) is 0.300. The van der Waals surface area contributed by atoms with E-state index in [0.717, 1.165) is 56.0 Å². The number of nitrogens with zero attached hydrogens (tertiary/aromatic N) is 2. The minimum absolute atomic E-state index is 0.0790. The van der Waals surface area contributed by atoms with Gasteiger partial charge in [0.05, 0.1) is 6.61 Å². The van der Waals surface area contributed by atoms with Crippen molar-refractivity contribution < 1.29 is 17.9 Å². The molecule has 35 heavy (non-hydrogen) atoms. The first-order chi connectivity index (χ1) is 16.9. The molecule has 186 valence electrons. The Morgan fingerprint density at radius 2 is 1.71 bits per heavy atom. The Labute approximate surface area is 204 Å². The van der Waals surface area contributed by atoms with Gasteiger partial charge in [-0.05, 0) is 61.1 Å². The van der Waals surface area contributed by atoms with E-state index in [-0.39, 0.29) is 11.8 Å². The third-order valence-electron chi connectivity index (χ3n) is 6.23. The SMILES string of the molecule is CCCCOc1ccc(Nc2ncc(C(F)(F)F)c(Nc3ccccc3C3CCCCC3)n2)cc1. The monoisotopic (exact) mass is 484 g/mol. The third-order valence-corrected chi connectivity index (χ3v) is 6.23. The molecule has 1 aliphatic carbocycles. The van der Waals surface area contributed by atoms with Crippen LogP contribution in [0, 0.1) is 0 Å². The van der Waals surface area contributed by atoms with Gasteiger partial charge in [0.1, 0.15) is 17.1 Å². The van der Waals surface area contributed by atoms with E-state index in [2.05, 4.69) is 27.5 Å². The highest BCUT2D eigenvalue weighted by Gasteiger charge is 2.35. The van der Waals surface area contributed by atoms with Gasteiger partial charge >= 0.3 is 6.18 Å². The highest BCUT2D eigenvalue weighted by Crippen LogP contribution is 2.40. The maximum atomic E-state index is 13.8. The Morgan fingerprint density at radius 3 is 2.43 bits per heavy atom. The zero-order chi connectivity index (χ0) is 24.7. The number of alkyl halides is 3. The minimum atomic E-state index is -4.59. The highest BCUT2D eigenvalue weighted by molar-refractivity contribution is 5.66. The van der Waals surface area contributed by atoms with Crippen molar-refractivity contribution in [2.45, 2.75) is 64.0 Å². The fourth-order valence-electron chi connectivity index (χ4n) is 4.35. The summed E-state index contributed by atoms with van der Waals surface area (Å²) in [4.78, 5) is 8.14. The second-order valence-corrected chi connectivity index (χ2v) is 8.85. The van der Waals surface area contributed by atoms with E-state index in [1.165, 1.54) is 6.42 Å². The van der Waals surface area contributed by atoms with Gasteiger partial charge in [-0.15, -0.1) is 0 Å². The summed E-state index contributed by atoms with van der Waals surface area (Å²) in [6.07, 6.45) is 3.82. The molecule has 0 atom stereocenters. The van der Waals surface area contributed by atoms with Crippen LogP contribution < -0.4 is 15.4 Å². The largest absolute Gasteiger partial charge is 0.494 e. The molecule has 0 amide bonds. The van der Waals surface area contributed by atoms with Crippen molar-refractivity contribution in [1.29, 1.82) is 0 Å². The van der Waals surface area contributed by atoms with Crippen molar-refractivity contribution in [3.8, 4) is 5.75 Å². The molecule has 2 aromatic carbocycles. The summed E-state index contributed by atoms with van der Waals surface area (Å²) in [7, 11) is 0. The number of anilines is 4. The van der Waals surface area contributed by atoms with Gasteiger partial charge in [-0.1, -0.05) is 50.8 Å². The number of halogens is 3. The number of hydrogen-bond acceptors (Lipinski definition) is 5. The summed E-state index contributed by atoms with van der Waals surface area (Å²) < 4.78 is 47.0. The number of unbranched alkanes of at least 4 members (excludes halogenated alkanes) is 1. The number of benzene rings is 2. The summed E-state index contributed by atoms with van der Waals surface area (Å²) in [5.41, 5.74) is 1.44. The Hall–Kier alpha value is -3.29. The Bertz CT molecular complexity index is 1100. The van der Waals surface area contributed by atoms with E-state index >= 15 is 0 Å². The zero-order valence-corrected chi connectivity index (χ0v) is 19.9. The molecule has 0 bridgehead atoms. The summed E-state index contributed by atoms with van der Waals surface area (Å²) in [5.74, 6) is 0.881. The van der Waals surface area contributed by atoms with E-state index in [1.54, 1.807) is 12.1 Å². The van der Waals surface area contributed by atoms with Gasteiger partial charge in [-0.25, -0.2) is 4.98 Å². The second-order valence-electron chi connectivity index (χ2n) is 8.85. The molecular weight excluding hydrogens is 453 g/mol. The van der Waals surface area contributed by atoms with Crippen LogP contribution in [0.25, 0.3) is 0 Å². The standard InChI is InChI=1S/C27H31F3N4O/c1-2-3-17-35-21-15-13-20(14-16-21)32-26-31-18-23(27(28,29)30)25(34-26)33-24-12-8-7-11-22(24)19-9-5-4-6-10-19/h7-8,11-16,18-19H,2-6,9-10,17H2,1H3,(H2,31,32,33,34). The van der Waals surface area contributed by atoms with Gasteiger partial charge in [-0.3, -0.25) is 0 Å². The molecule has 0 radical (unpaired) electrons. The lowest BCUT2D eigenvalue weighted by molar-refractivity contribution is -0.137. The Kier molecular flexibility index (Phi) is 8.10. The maximum absolute atomic E-state index is 13.8. The number of aromatic nitrogens is 2. The Balaban J connectivity index is 1.57. The number of para-hydroxylation sites is 1. The van der Waals surface area contributed by atoms with Crippen LogP contribution in [-0.4, -0.2) is 16.6 Å². The van der Waals surface area contributed by atoms with E-state index < -0.39 is 11.7 Å². The number of nitrogens with one attached hydrogen (secondary N) is 2. The smallest absolute Gasteiger partial charge is 0.421 e. The molecule has 1 heterocycles. The summed E-state index contributed by atoms with van der Waals surface area (Å²) >= 11 is 0. The van der Waals surface area contributed by atoms with Crippen molar-refractivity contribution in [1.82, 2.24) is 9.97 Å². The highest BCUT2D eigenvalue weighted by atomic mass is 19.4. The van der Waals surface area contributed by atoms with Gasteiger partial charge < -0.3 is 15.4 Å². The van der Waals surface area contributed by atoms with Crippen molar-refractivity contribution in [3.05, 3.63) is 65.9 Å². The first-order valence-corrected chi connectivity index (χ1v) is 12.2. The lowest BCUT2D eigenvalue weighted by Crippen LogP contribution is -2.14. The molecule has 1 aliphatic rings. The predicted octanol–water partition coefficient (Wildman–Crippen LogP) is 8.21. The molecule has 0 aliphatic heterocycles. The fourth-order valence-corrected chi connectivity index (χ4v) is 4.35. The van der Waals surface area contributed by atoms with Gasteiger partial charge in [0.2, 0.25) is 5.95 Å². The van der Waals surface area contributed by atoms with Crippen molar-refractivity contribution >= 4 is 23.1 Å². The third kappa shape index (κ3) is 6.65. The zero-order valence-electron chi connectivity index (χ0n) is 19.9. The molecule has 1 saturated carbocycles. The molecule has 3 aromatic rings. The topological polar surface area (TPSA) is 59.1 Å². The molecule has 0 saturated heterocycles. The molecule has 1 fully saturated rings. The predicted molar refractivity (Wildman–Crippen MR) is 133 cm³/mol. The number of hydrogen-bond donors (Lipinski definition) is 2. The van der Waals surface area contributed by atoms with Crippen LogP contribution in [0.3, 0.4) is 0 Å². The van der Waals surface area contributed by atoms with Crippen LogP contribution in [0.4, 0.5) is 36.3 Å². The van der Waals surface area contributed by atoms with Crippen LogP contribution in [0.5, 0.6) is 5.75 Å². The van der Waals surface area contributed by atoms with Gasteiger partial charge in [0.25, 0.3) is 0 Å². The summed E-state index contributed by atoms with van der Waals surface area (Å²) in [6.45, 7) is 2.74. The minimum Gasteiger partial charge on any atom is -0.494 e. The van der Waals surface area contributed by atoms with Crippen LogP contribution in [0.15, 0.2) is 54.7 Å². The Morgan fingerprint density at radius 1 is 0.971 bits per heavy atom. The average Bonchev–Trinajstić information content (AvgIpc) is 2.86. The lowest BCUT2D eigenvalue weighted by Gasteiger charge is -2.25. The van der Waals surface area contributed by atoms with Crippen LogP contribution in [0.1, 0.15) is 68.9 Å². The first kappa shape index (κ1) is 24.8. The average molecular weight is 485 g/mol. The number of rotatable bonds is 9.